The highest BCUT2D eigenvalue weighted by molar-refractivity contribution is 7.94. The van der Waals surface area contributed by atoms with E-state index in [4.69, 9.17) is 22.1 Å². The van der Waals surface area contributed by atoms with Gasteiger partial charge >= 0.3 is 0 Å². The van der Waals surface area contributed by atoms with E-state index in [0.29, 0.717) is 46.4 Å². The van der Waals surface area contributed by atoms with E-state index in [1.165, 1.54) is 19.2 Å². The second-order valence-electron chi connectivity index (χ2n) is 9.31. The van der Waals surface area contributed by atoms with E-state index in [0.717, 1.165) is 22.5 Å². The topological polar surface area (TPSA) is 128 Å². The van der Waals surface area contributed by atoms with E-state index in [1.54, 1.807) is 10.7 Å². The number of hydrogen-bond donors (Lipinski definition) is 3. The molecule has 2 aromatic heterocycles. The first-order valence-corrected chi connectivity index (χ1v) is 14.7. The van der Waals surface area contributed by atoms with Gasteiger partial charge in [0.15, 0.2) is 5.82 Å². The van der Waals surface area contributed by atoms with Crippen LogP contribution in [0.15, 0.2) is 58.8 Å². The third kappa shape index (κ3) is 6.47. The summed E-state index contributed by atoms with van der Waals surface area (Å²) < 4.78 is 36.4. The van der Waals surface area contributed by atoms with Gasteiger partial charge in [0.05, 0.1) is 34.9 Å². The lowest BCUT2D eigenvalue weighted by atomic mass is 10.0. The number of anilines is 1. The Morgan fingerprint density at radius 1 is 1.16 bits per heavy atom. The number of halogens is 1. The summed E-state index contributed by atoms with van der Waals surface area (Å²) in [6, 6.07) is 15.9. The number of thiophene rings is 1. The highest BCUT2D eigenvalue weighted by Crippen LogP contribution is 2.35. The Morgan fingerprint density at radius 2 is 1.89 bits per heavy atom. The fraction of sp³-hybridized carbons (Fsp3) is 0.308. The van der Waals surface area contributed by atoms with Gasteiger partial charge < -0.3 is 15.8 Å². The number of carbonyl (C=O) groups is 1. The predicted octanol–water partition coefficient (Wildman–Crippen LogP) is 4.60. The van der Waals surface area contributed by atoms with Crippen molar-refractivity contribution in [1.29, 1.82) is 0 Å². The Bertz CT molecular complexity index is 1550. The second-order valence-corrected chi connectivity index (χ2v) is 12.9. The van der Waals surface area contributed by atoms with Crippen molar-refractivity contribution < 1.29 is 17.9 Å². The third-order valence-corrected chi connectivity index (χ3v) is 8.99. The van der Waals surface area contributed by atoms with Crippen LogP contribution in [-0.4, -0.2) is 37.3 Å². The maximum Gasteiger partial charge on any atom is 0.272 e. The molecule has 4 rings (SSSR count). The van der Waals surface area contributed by atoms with Crippen LogP contribution in [0.3, 0.4) is 0 Å². The van der Waals surface area contributed by atoms with Crippen LogP contribution in [-0.2, 0) is 27.9 Å². The van der Waals surface area contributed by atoms with Crippen LogP contribution in [0.5, 0.6) is 5.75 Å². The molecule has 9 nitrogen and oxygen atoms in total. The van der Waals surface area contributed by atoms with Crippen molar-refractivity contribution in [3.05, 3.63) is 70.1 Å². The number of amides is 1. The molecule has 1 amide bonds. The number of nitrogens with two attached hydrogens (primary N) is 1. The zero-order chi connectivity index (χ0) is 27.4. The normalized spacial score (nSPS) is 12.7. The van der Waals surface area contributed by atoms with Crippen molar-refractivity contribution in [2.24, 2.45) is 11.7 Å². The van der Waals surface area contributed by atoms with Gasteiger partial charge in [-0.25, -0.2) is 8.42 Å². The van der Waals surface area contributed by atoms with E-state index in [-0.39, 0.29) is 15.9 Å². The summed E-state index contributed by atoms with van der Waals surface area (Å²) in [5, 5.41) is 8.42. The first-order chi connectivity index (χ1) is 18.1. The van der Waals surface area contributed by atoms with Crippen LogP contribution in [0, 0.1) is 5.92 Å². The number of fused-ring (bicyclic) bond motifs is 1. The number of hydrogen-bond acceptors (Lipinski definition) is 7. The zero-order valence-electron chi connectivity index (χ0n) is 21.3. The van der Waals surface area contributed by atoms with E-state index >= 15 is 0 Å². The monoisotopic (exact) mass is 575 g/mol. The molecule has 0 aliphatic heterocycles. The molecule has 0 unspecified atom stereocenters. The molecule has 4 N–H and O–H groups in total. The van der Waals surface area contributed by atoms with Crippen LogP contribution >= 0.6 is 22.9 Å². The Kier molecular flexibility index (Phi) is 8.61. The molecule has 4 aromatic rings. The molecule has 202 valence electrons. The number of carbonyl (C=O) groups excluding carboxylic acids is 1. The summed E-state index contributed by atoms with van der Waals surface area (Å²) in [7, 11) is -2.37. The van der Waals surface area contributed by atoms with E-state index in [9.17, 15) is 13.2 Å². The van der Waals surface area contributed by atoms with Crippen LogP contribution in [0.4, 0.5) is 5.82 Å². The first-order valence-electron chi connectivity index (χ1n) is 12.0. The van der Waals surface area contributed by atoms with Crippen molar-refractivity contribution in [3.63, 3.8) is 0 Å². The Labute approximate surface area is 231 Å². The van der Waals surface area contributed by atoms with Gasteiger partial charge in [-0.2, -0.15) is 5.10 Å². The summed E-state index contributed by atoms with van der Waals surface area (Å²) in [5.74, 6) is 0.625. The largest absolute Gasteiger partial charge is 0.496 e. The van der Waals surface area contributed by atoms with Crippen molar-refractivity contribution in [2.45, 2.75) is 43.6 Å². The SMILES string of the molecule is COc1cccc2c1c(NS(=O)(=O)c1ccc(Cl)s1)nn2Cc1cccc(CN[C@H](CC(C)C)C(N)=O)c1. The number of methoxy groups -OCH3 is 1. The molecule has 0 aliphatic carbocycles. The van der Waals surface area contributed by atoms with Gasteiger partial charge in [-0.15, -0.1) is 11.3 Å². The third-order valence-electron chi connectivity index (χ3n) is 5.93. The summed E-state index contributed by atoms with van der Waals surface area (Å²) in [6.07, 6.45) is 0.659. The van der Waals surface area contributed by atoms with Crippen LogP contribution < -0.4 is 20.5 Å². The summed E-state index contributed by atoms with van der Waals surface area (Å²) in [6.45, 7) is 4.96. The first kappa shape index (κ1) is 27.9. The number of rotatable bonds is 12. The van der Waals surface area contributed by atoms with E-state index in [1.807, 2.05) is 50.2 Å². The molecule has 0 radical (unpaired) electrons. The van der Waals surface area contributed by atoms with Crippen LogP contribution in [0.2, 0.25) is 4.34 Å². The second kappa shape index (κ2) is 11.7. The van der Waals surface area contributed by atoms with Crippen molar-refractivity contribution >= 4 is 55.6 Å². The standard InChI is InChI=1S/C26H30ClN5O4S2/c1-16(2)12-19(25(28)33)29-14-17-6-4-7-18(13-17)15-32-20-8-5-9-21(36-3)24(20)26(30-32)31-38(34,35)23-11-10-22(27)37-23/h4-11,13,16,19,29H,12,14-15H2,1-3H3,(H2,28,33)(H,30,31)/t19-/m1/s1. The average molecular weight is 576 g/mol. The minimum Gasteiger partial charge on any atom is -0.496 e. The molecule has 0 saturated carbocycles. The molecule has 1 atom stereocenters. The van der Waals surface area contributed by atoms with Gasteiger partial charge in [0.1, 0.15) is 9.96 Å². The lowest BCUT2D eigenvalue weighted by molar-refractivity contribution is -0.120. The van der Waals surface area contributed by atoms with Gasteiger partial charge in [-0.1, -0.05) is 55.8 Å². The summed E-state index contributed by atoms with van der Waals surface area (Å²) in [4.78, 5) is 11.8. The molecule has 0 saturated heterocycles. The lowest BCUT2D eigenvalue weighted by Gasteiger charge is -2.17. The number of primary amides is 1. The number of sulfonamides is 1. The van der Waals surface area contributed by atoms with Gasteiger partial charge in [0, 0.05) is 6.54 Å². The Balaban J connectivity index is 1.62. The molecule has 0 bridgehead atoms. The minimum absolute atomic E-state index is 0.0898. The molecular formula is C26H30ClN5O4S2. The number of aromatic nitrogens is 2. The average Bonchev–Trinajstić information content (AvgIpc) is 3.45. The maximum atomic E-state index is 13.0. The fourth-order valence-electron chi connectivity index (χ4n) is 4.20. The van der Waals surface area contributed by atoms with E-state index < -0.39 is 16.1 Å². The van der Waals surface area contributed by atoms with Gasteiger partial charge in [0.2, 0.25) is 5.91 Å². The molecule has 0 aliphatic rings. The Hall–Kier alpha value is -3.12. The Morgan fingerprint density at radius 3 is 2.55 bits per heavy atom. The summed E-state index contributed by atoms with van der Waals surface area (Å²) in [5.41, 5.74) is 8.22. The number of nitrogens with zero attached hydrogens (tertiary/aromatic N) is 2. The van der Waals surface area contributed by atoms with Crippen molar-refractivity contribution in [3.8, 4) is 5.75 Å². The molecule has 0 spiro atoms. The molecule has 2 aromatic carbocycles. The quantitative estimate of drug-likeness (QED) is 0.226. The van der Waals surface area contributed by atoms with Crippen molar-refractivity contribution in [1.82, 2.24) is 15.1 Å². The van der Waals surface area contributed by atoms with Crippen molar-refractivity contribution in [2.75, 3.05) is 11.8 Å². The van der Waals surface area contributed by atoms with Gasteiger partial charge in [-0.05, 0) is 47.7 Å². The number of benzene rings is 2. The smallest absolute Gasteiger partial charge is 0.272 e. The molecule has 38 heavy (non-hydrogen) atoms. The van der Waals surface area contributed by atoms with Crippen LogP contribution in [0.1, 0.15) is 31.4 Å². The molecule has 12 heteroatoms. The van der Waals surface area contributed by atoms with Gasteiger partial charge in [-0.3, -0.25) is 14.2 Å². The highest BCUT2D eigenvalue weighted by atomic mass is 35.5. The van der Waals surface area contributed by atoms with Gasteiger partial charge in [0.25, 0.3) is 10.0 Å². The molecule has 2 heterocycles. The van der Waals surface area contributed by atoms with Crippen LogP contribution in [0.25, 0.3) is 10.9 Å². The molecular weight excluding hydrogens is 546 g/mol. The highest BCUT2D eigenvalue weighted by Gasteiger charge is 2.23. The number of ether oxygens (including phenoxy) is 1. The number of nitrogens with one attached hydrogen (secondary N) is 2. The minimum atomic E-state index is -3.90. The van der Waals surface area contributed by atoms with E-state index in [2.05, 4.69) is 15.1 Å². The fourth-order valence-corrected chi connectivity index (χ4v) is 6.69. The zero-order valence-corrected chi connectivity index (χ0v) is 23.7. The molecule has 0 fully saturated rings. The summed E-state index contributed by atoms with van der Waals surface area (Å²) >= 11 is 6.92. The lowest BCUT2D eigenvalue weighted by Crippen LogP contribution is -2.41. The maximum absolute atomic E-state index is 13.0. The predicted molar refractivity (Wildman–Crippen MR) is 151 cm³/mol.